The average molecular weight is 359 g/mol. The van der Waals surface area contributed by atoms with Gasteiger partial charge < -0.3 is 9.47 Å². The van der Waals surface area contributed by atoms with Crippen LogP contribution in [-0.4, -0.2) is 20.0 Å². The molecule has 3 nitrogen and oxygen atoms in total. The zero-order valence-corrected chi connectivity index (χ0v) is 17.3. The second kappa shape index (κ2) is 10.8. The van der Waals surface area contributed by atoms with Gasteiger partial charge in [0, 0.05) is 12.2 Å². The Balaban J connectivity index is 0.000000289. The van der Waals surface area contributed by atoms with E-state index in [0.29, 0.717) is 23.0 Å². The van der Waals surface area contributed by atoms with Crippen molar-refractivity contribution in [3.63, 3.8) is 0 Å². The van der Waals surface area contributed by atoms with E-state index in [0.717, 1.165) is 18.3 Å². The number of ketones is 1. The quantitative estimate of drug-likeness (QED) is 0.586. The van der Waals surface area contributed by atoms with Gasteiger partial charge in [-0.15, -0.1) is 0 Å². The molecular formula is C23H34O3. The van der Waals surface area contributed by atoms with E-state index in [9.17, 15) is 4.79 Å². The molecule has 0 aromatic heterocycles. The smallest absolute Gasteiger partial charge is 0.192 e. The molecule has 0 spiro atoms. The molecule has 0 aromatic rings. The third-order valence-corrected chi connectivity index (χ3v) is 4.50. The number of hydrogen-bond donors (Lipinski definition) is 0. The van der Waals surface area contributed by atoms with Gasteiger partial charge in [0.05, 0.1) is 19.8 Å². The Morgan fingerprint density at radius 3 is 2.31 bits per heavy atom. The topological polar surface area (TPSA) is 35.5 Å². The first-order valence-electron chi connectivity index (χ1n) is 9.39. The van der Waals surface area contributed by atoms with E-state index >= 15 is 0 Å². The second-order valence-corrected chi connectivity index (χ2v) is 7.53. The van der Waals surface area contributed by atoms with Crippen LogP contribution in [0, 0.1) is 17.8 Å². The van der Waals surface area contributed by atoms with E-state index in [4.69, 9.17) is 9.47 Å². The van der Waals surface area contributed by atoms with E-state index in [-0.39, 0.29) is 5.78 Å². The Bertz CT molecular complexity index is 628. The summed E-state index contributed by atoms with van der Waals surface area (Å²) < 4.78 is 10.2. The van der Waals surface area contributed by atoms with Crippen molar-refractivity contribution in [3.05, 3.63) is 59.1 Å². The van der Waals surface area contributed by atoms with Crippen LogP contribution in [-0.2, 0) is 14.3 Å². The molecule has 2 aliphatic carbocycles. The molecule has 2 rings (SSSR count). The predicted octanol–water partition coefficient (Wildman–Crippen LogP) is 5.77. The van der Waals surface area contributed by atoms with Crippen LogP contribution >= 0.6 is 0 Å². The summed E-state index contributed by atoms with van der Waals surface area (Å²) in [5, 5.41) is 0. The summed E-state index contributed by atoms with van der Waals surface area (Å²) in [6.07, 6.45) is 14.1. The highest BCUT2D eigenvalue weighted by atomic mass is 16.5. The molecule has 0 saturated heterocycles. The fourth-order valence-electron chi connectivity index (χ4n) is 2.66. The molecular weight excluding hydrogens is 324 g/mol. The fourth-order valence-corrected chi connectivity index (χ4v) is 2.66. The SMILES string of the molecule is CC1=CC[C@H](C(C)C)C=C1.COC1=CC(=O)/C(=C/CC(C)C)C(OC)=C1. The first-order chi connectivity index (χ1) is 12.3. The Kier molecular flexibility index (Phi) is 9.18. The molecule has 26 heavy (non-hydrogen) atoms. The molecule has 0 radical (unpaired) electrons. The van der Waals surface area contributed by atoms with Crippen molar-refractivity contribution < 1.29 is 14.3 Å². The maximum Gasteiger partial charge on any atom is 0.192 e. The molecule has 0 bridgehead atoms. The van der Waals surface area contributed by atoms with Gasteiger partial charge in [0.25, 0.3) is 0 Å². The number of carbonyl (C=O) groups excluding carboxylic acids is 1. The van der Waals surface area contributed by atoms with Crippen LogP contribution in [0.15, 0.2) is 59.1 Å². The summed E-state index contributed by atoms with van der Waals surface area (Å²) in [6, 6.07) is 0. The van der Waals surface area contributed by atoms with Crippen molar-refractivity contribution in [1.29, 1.82) is 0 Å². The molecule has 0 unspecified atom stereocenters. The Labute approximate surface area is 159 Å². The summed E-state index contributed by atoms with van der Waals surface area (Å²) in [5.41, 5.74) is 2.04. The minimum absolute atomic E-state index is 0.0585. The molecule has 1 atom stereocenters. The van der Waals surface area contributed by atoms with Crippen molar-refractivity contribution in [2.75, 3.05) is 14.2 Å². The predicted molar refractivity (Wildman–Crippen MR) is 109 cm³/mol. The van der Waals surface area contributed by atoms with Gasteiger partial charge in [-0.25, -0.2) is 0 Å². The Morgan fingerprint density at radius 2 is 1.85 bits per heavy atom. The van der Waals surface area contributed by atoms with Crippen molar-refractivity contribution in [2.45, 2.75) is 47.5 Å². The van der Waals surface area contributed by atoms with Crippen LogP contribution in [0.25, 0.3) is 0 Å². The summed E-state index contributed by atoms with van der Waals surface area (Å²) in [7, 11) is 3.09. The van der Waals surface area contributed by atoms with E-state index in [2.05, 4.69) is 52.8 Å². The Morgan fingerprint density at radius 1 is 1.15 bits per heavy atom. The van der Waals surface area contributed by atoms with Gasteiger partial charge in [0.2, 0.25) is 0 Å². The van der Waals surface area contributed by atoms with Crippen LogP contribution in [0.1, 0.15) is 47.5 Å². The lowest BCUT2D eigenvalue weighted by atomic mass is 9.88. The van der Waals surface area contributed by atoms with Gasteiger partial charge in [-0.1, -0.05) is 57.6 Å². The molecule has 0 heterocycles. The maximum absolute atomic E-state index is 11.8. The first kappa shape index (κ1) is 22.0. The highest BCUT2D eigenvalue weighted by molar-refractivity contribution is 6.08. The van der Waals surface area contributed by atoms with E-state index in [1.165, 1.54) is 25.2 Å². The molecule has 0 saturated carbocycles. The number of rotatable bonds is 5. The van der Waals surface area contributed by atoms with Crippen molar-refractivity contribution in [2.24, 2.45) is 17.8 Å². The van der Waals surface area contributed by atoms with E-state index in [1.54, 1.807) is 13.2 Å². The summed E-state index contributed by atoms with van der Waals surface area (Å²) in [4.78, 5) is 11.8. The minimum atomic E-state index is -0.0585. The van der Waals surface area contributed by atoms with Crippen LogP contribution in [0.2, 0.25) is 0 Å². The maximum atomic E-state index is 11.8. The number of ether oxygens (including phenoxy) is 2. The van der Waals surface area contributed by atoms with E-state index in [1.807, 2.05) is 6.08 Å². The minimum Gasteiger partial charge on any atom is -0.496 e. The molecule has 144 valence electrons. The molecule has 0 aromatic carbocycles. The van der Waals surface area contributed by atoms with Gasteiger partial charge in [0.15, 0.2) is 5.78 Å². The first-order valence-corrected chi connectivity index (χ1v) is 9.39. The summed E-state index contributed by atoms with van der Waals surface area (Å²) in [6.45, 7) is 10.9. The number of carbonyl (C=O) groups is 1. The molecule has 3 heteroatoms. The number of allylic oxidation sites excluding steroid dienone is 8. The number of hydrogen-bond acceptors (Lipinski definition) is 3. The van der Waals surface area contributed by atoms with Gasteiger partial charge >= 0.3 is 0 Å². The zero-order chi connectivity index (χ0) is 19.7. The highest BCUT2D eigenvalue weighted by Crippen LogP contribution is 2.23. The number of methoxy groups -OCH3 is 2. The lowest BCUT2D eigenvalue weighted by Gasteiger charge is -2.17. The third kappa shape index (κ3) is 7.07. The highest BCUT2D eigenvalue weighted by Gasteiger charge is 2.19. The summed E-state index contributed by atoms with van der Waals surface area (Å²) in [5.74, 6) is 3.14. The van der Waals surface area contributed by atoms with Gasteiger partial charge in [-0.05, 0) is 37.5 Å². The largest absolute Gasteiger partial charge is 0.496 e. The normalized spacial score (nSPS) is 21.1. The average Bonchev–Trinajstić information content (AvgIpc) is 2.60. The summed E-state index contributed by atoms with van der Waals surface area (Å²) >= 11 is 0. The van der Waals surface area contributed by atoms with Gasteiger partial charge in [-0.3, -0.25) is 4.79 Å². The van der Waals surface area contributed by atoms with Crippen LogP contribution < -0.4 is 0 Å². The molecule has 0 aliphatic heterocycles. The van der Waals surface area contributed by atoms with Crippen LogP contribution in [0.4, 0.5) is 0 Å². The lowest BCUT2D eigenvalue weighted by molar-refractivity contribution is -0.111. The molecule has 0 amide bonds. The van der Waals surface area contributed by atoms with Crippen molar-refractivity contribution in [1.82, 2.24) is 0 Å². The Hall–Kier alpha value is -2.03. The van der Waals surface area contributed by atoms with Gasteiger partial charge in [0.1, 0.15) is 11.5 Å². The van der Waals surface area contributed by atoms with Crippen LogP contribution in [0.5, 0.6) is 0 Å². The third-order valence-electron chi connectivity index (χ3n) is 4.50. The molecule has 0 N–H and O–H groups in total. The van der Waals surface area contributed by atoms with Crippen molar-refractivity contribution >= 4 is 5.78 Å². The molecule has 2 aliphatic rings. The standard InChI is InChI=1S/C13H18O3.C10H16/c1-9(2)5-6-11-12(14)7-10(15-3)8-13(11)16-4;1-8(2)10-6-4-9(3)5-7-10/h6-9H,5H2,1-4H3;4-6,8,10H,7H2,1-3H3/b11-6-;/t;10-/m.1/s1. The second-order valence-electron chi connectivity index (χ2n) is 7.53. The van der Waals surface area contributed by atoms with E-state index < -0.39 is 0 Å². The monoisotopic (exact) mass is 358 g/mol. The zero-order valence-electron chi connectivity index (χ0n) is 17.3. The van der Waals surface area contributed by atoms with Crippen LogP contribution in [0.3, 0.4) is 0 Å². The molecule has 0 fully saturated rings. The van der Waals surface area contributed by atoms with Gasteiger partial charge in [-0.2, -0.15) is 0 Å². The fraction of sp³-hybridized carbons (Fsp3) is 0.522. The van der Waals surface area contributed by atoms with Crippen molar-refractivity contribution in [3.8, 4) is 0 Å². The lowest BCUT2D eigenvalue weighted by Crippen LogP contribution is -2.10.